The van der Waals surface area contributed by atoms with Crippen LogP contribution >= 0.6 is 11.3 Å². The van der Waals surface area contributed by atoms with Crippen LogP contribution in [-0.4, -0.2) is 24.2 Å². The molecule has 0 bridgehead atoms. The lowest BCUT2D eigenvalue weighted by atomic mass is 10.2. The number of ether oxygens (including phenoxy) is 1. The number of nitrogens with one attached hydrogen (secondary N) is 1. The molecule has 3 nitrogen and oxygen atoms in total. The maximum atomic E-state index is 13.0. The van der Waals surface area contributed by atoms with Gasteiger partial charge in [0.05, 0.1) is 16.3 Å². The second-order valence-electron chi connectivity index (χ2n) is 4.48. The van der Waals surface area contributed by atoms with E-state index in [1.807, 2.05) is 0 Å². The molecule has 5 heteroatoms. The molecule has 0 radical (unpaired) electrons. The standard InChI is InChI=1S/C13H15FN2OS/c14-9-3-4-11-12(8-9)18-13(16-11)15-6-5-10-2-1-7-17-10/h3-4,8,10H,1-2,5-7H2,(H,15,16). The van der Waals surface area contributed by atoms with Gasteiger partial charge in [-0.05, 0) is 37.5 Å². The fraction of sp³-hybridized carbons (Fsp3) is 0.462. The van der Waals surface area contributed by atoms with Crippen LogP contribution in [0.1, 0.15) is 19.3 Å². The van der Waals surface area contributed by atoms with Gasteiger partial charge in [-0.15, -0.1) is 0 Å². The van der Waals surface area contributed by atoms with Gasteiger partial charge in [0.1, 0.15) is 5.82 Å². The molecule has 1 N–H and O–H groups in total. The highest BCUT2D eigenvalue weighted by Gasteiger charge is 2.14. The average Bonchev–Trinajstić information content (AvgIpc) is 2.97. The van der Waals surface area contributed by atoms with E-state index in [1.165, 1.54) is 29.9 Å². The van der Waals surface area contributed by atoms with Crippen LogP contribution in [0.15, 0.2) is 18.2 Å². The van der Waals surface area contributed by atoms with E-state index >= 15 is 0 Å². The van der Waals surface area contributed by atoms with Crippen molar-refractivity contribution in [2.75, 3.05) is 18.5 Å². The minimum absolute atomic E-state index is 0.211. The molecule has 0 aliphatic carbocycles. The maximum Gasteiger partial charge on any atom is 0.183 e. The van der Waals surface area contributed by atoms with Crippen molar-refractivity contribution in [2.24, 2.45) is 0 Å². The van der Waals surface area contributed by atoms with E-state index < -0.39 is 0 Å². The fourth-order valence-electron chi connectivity index (χ4n) is 2.19. The molecular weight excluding hydrogens is 251 g/mol. The summed E-state index contributed by atoms with van der Waals surface area (Å²) < 4.78 is 19.5. The minimum Gasteiger partial charge on any atom is -0.378 e. The molecular formula is C13H15FN2OS. The molecule has 1 aliphatic heterocycles. The van der Waals surface area contributed by atoms with Crippen molar-refractivity contribution in [3.05, 3.63) is 24.0 Å². The Balaban J connectivity index is 1.60. The van der Waals surface area contributed by atoms with Gasteiger partial charge in [0.2, 0.25) is 0 Å². The monoisotopic (exact) mass is 266 g/mol. The number of anilines is 1. The Bertz CT molecular complexity index is 537. The highest BCUT2D eigenvalue weighted by molar-refractivity contribution is 7.22. The maximum absolute atomic E-state index is 13.0. The van der Waals surface area contributed by atoms with E-state index in [0.29, 0.717) is 6.10 Å². The van der Waals surface area contributed by atoms with Crippen molar-refractivity contribution in [3.8, 4) is 0 Å². The molecule has 1 unspecified atom stereocenters. The van der Waals surface area contributed by atoms with Crippen LogP contribution in [0.3, 0.4) is 0 Å². The molecule has 1 atom stereocenters. The Morgan fingerprint density at radius 2 is 2.44 bits per heavy atom. The molecule has 3 rings (SSSR count). The van der Waals surface area contributed by atoms with Gasteiger partial charge in [0, 0.05) is 13.2 Å². The highest BCUT2D eigenvalue weighted by Crippen LogP contribution is 2.26. The van der Waals surface area contributed by atoms with Crippen LogP contribution in [0.25, 0.3) is 10.2 Å². The van der Waals surface area contributed by atoms with Crippen molar-refractivity contribution in [1.29, 1.82) is 0 Å². The second-order valence-corrected chi connectivity index (χ2v) is 5.51. The van der Waals surface area contributed by atoms with Crippen molar-refractivity contribution >= 4 is 26.7 Å². The van der Waals surface area contributed by atoms with E-state index in [2.05, 4.69) is 10.3 Å². The third-order valence-corrected chi connectivity index (χ3v) is 4.09. The number of thiazole rings is 1. The van der Waals surface area contributed by atoms with Crippen LogP contribution in [0.2, 0.25) is 0 Å². The lowest BCUT2D eigenvalue weighted by Crippen LogP contribution is -2.12. The highest BCUT2D eigenvalue weighted by atomic mass is 32.1. The molecule has 0 spiro atoms. The van der Waals surface area contributed by atoms with Crippen LogP contribution in [0, 0.1) is 5.82 Å². The zero-order valence-corrected chi connectivity index (χ0v) is 10.8. The predicted molar refractivity (Wildman–Crippen MR) is 71.7 cm³/mol. The van der Waals surface area contributed by atoms with Gasteiger partial charge in [0.25, 0.3) is 0 Å². The minimum atomic E-state index is -0.211. The Labute approximate surface area is 109 Å². The topological polar surface area (TPSA) is 34.2 Å². The lowest BCUT2D eigenvalue weighted by Gasteiger charge is -2.08. The van der Waals surface area contributed by atoms with Gasteiger partial charge in [-0.25, -0.2) is 9.37 Å². The van der Waals surface area contributed by atoms with Gasteiger partial charge in [-0.2, -0.15) is 0 Å². The summed E-state index contributed by atoms with van der Waals surface area (Å²) in [7, 11) is 0. The van der Waals surface area contributed by atoms with Crippen molar-refractivity contribution in [1.82, 2.24) is 4.98 Å². The normalized spacial score (nSPS) is 19.5. The van der Waals surface area contributed by atoms with Gasteiger partial charge < -0.3 is 10.1 Å². The average molecular weight is 266 g/mol. The third kappa shape index (κ3) is 2.62. The van der Waals surface area contributed by atoms with Crippen LogP contribution in [0.5, 0.6) is 0 Å². The molecule has 1 aliphatic rings. The van der Waals surface area contributed by atoms with Crippen molar-refractivity contribution in [2.45, 2.75) is 25.4 Å². The Morgan fingerprint density at radius 1 is 1.50 bits per heavy atom. The molecule has 18 heavy (non-hydrogen) atoms. The van der Waals surface area contributed by atoms with Gasteiger partial charge in [-0.1, -0.05) is 11.3 Å². The van der Waals surface area contributed by atoms with E-state index in [4.69, 9.17) is 4.74 Å². The largest absolute Gasteiger partial charge is 0.378 e. The summed E-state index contributed by atoms with van der Waals surface area (Å²) >= 11 is 1.49. The van der Waals surface area contributed by atoms with E-state index in [0.717, 1.165) is 41.3 Å². The van der Waals surface area contributed by atoms with E-state index in [9.17, 15) is 4.39 Å². The van der Waals surface area contributed by atoms with Crippen molar-refractivity contribution in [3.63, 3.8) is 0 Å². The molecule has 0 saturated carbocycles. The summed E-state index contributed by atoms with van der Waals surface area (Å²) in [6.45, 7) is 1.75. The molecule has 2 heterocycles. The summed E-state index contributed by atoms with van der Waals surface area (Å²) in [5.74, 6) is -0.211. The number of rotatable bonds is 4. The number of benzene rings is 1. The fourth-order valence-corrected chi connectivity index (χ4v) is 3.10. The SMILES string of the molecule is Fc1ccc2nc(NCCC3CCCO3)sc2c1. The molecule has 96 valence electrons. The van der Waals surface area contributed by atoms with Crippen LogP contribution in [-0.2, 0) is 4.74 Å². The third-order valence-electron chi connectivity index (χ3n) is 3.12. The lowest BCUT2D eigenvalue weighted by molar-refractivity contribution is 0.107. The summed E-state index contributed by atoms with van der Waals surface area (Å²) in [6.07, 6.45) is 3.73. The van der Waals surface area contributed by atoms with Crippen molar-refractivity contribution < 1.29 is 9.13 Å². The first kappa shape index (κ1) is 11.9. The molecule has 1 saturated heterocycles. The molecule has 2 aromatic rings. The molecule has 1 aromatic heterocycles. The smallest absolute Gasteiger partial charge is 0.183 e. The van der Waals surface area contributed by atoms with E-state index in [1.54, 1.807) is 6.07 Å². The predicted octanol–water partition coefficient (Wildman–Crippen LogP) is 3.42. The van der Waals surface area contributed by atoms with Crippen LogP contribution < -0.4 is 5.32 Å². The number of fused-ring (bicyclic) bond motifs is 1. The second kappa shape index (κ2) is 5.20. The Hall–Kier alpha value is -1.20. The zero-order chi connectivity index (χ0) is 12.4. The first-order valence-corrected chi connectivity index (χ1v) is 7.04. The summed E-state index contributed by atoms with van der Waals surface area (Å²) in [5.41, 5.74) is 0.848. The zero-order valence-electron chi connectivity index (χ0n) is 9.99. The molecule has 1 fully saturated rings. The number of hydrogen-bond acceptors (Lipinski definition) is 4. The van der Waals surface area contributed by atoms with Gasteiger partial charge in [-0.3, -0.25) is 0 Å². The first-order chi connectivity index (χ1) is 8.81. The van der Waals surface area contributed by atoms with E-state index in [-0.39, 0.29) is 5.82 Å². The number of halogens is 1. The molecule has 0 amide bonds. The van der Waals surface area contributed by atoms with Gasteiger partial charge >= 0.3 is 0 Å². The summed E-state index contributed by atoms with van der Waals surface area (Å²) in [5, 5.41) is 4.14. The summed E-state index contributed by atoms with van der Waals surface area (Å²) in [4.78, 5) is 4.42. The number of aromatic nitrogens is 1. The first-order valence-electron chi connectivity index (χ1n) is 6.23. The quantitative estimate of drug-likeness (QED) is 0.920. The summed E-state index contributed by atoms with van der Waals surface area (Å²) in [6, 6.07) is 4.68. The van der Waals surface area contributed by atoms with Crippen LogP contribution in [0.4, 0.5) is 9.52 Å². The molecule has 1 aromatic carbocycles. The Morgan fingerprint density at radius 3 is 3.28 bits per heavy atom. The van der Waals surface area contributed by atoms with Gasteiger partial charge in [0.15, 0.2) is 5.13 Å². The number of hydrogen-bond donors (Lipinski definition) is 1. The Kier molecular flexibility index (Phi) is 3.43. The number of nitrogens with zero attached hydrogens (tertiary/aromatic N) is 1.